The number of rotatable bonds is 5. The van der Waals surface area contributed by atoms with Crippen molar-refractivity contribution in [3.63, 3.8) is 0 Å². The molecule has 0 bridgehead atoms. The van der Waals surface area contributed by atoms with Gasteiger partial charge in [0.15, 0.2) is 0 Å². The molecule has 6 nitrogen and oxygen atoms in total. The Balaban J connectivity index is 1.95. The van der Waals surface area contributed by atoms with E-state index < -0.39 is 5.91 Å². The Bertz CT molecular complexity index is 616. The Morgan fingerprint density at radius 2 is 1.60 bits per heavy atom. The van der Waals surface area contributed by atoms with Crippen molar-refractivity contribution in [2.24, 2.45) is 11.5 Å². The zero-order chi connectivity index (χ0) is 14.5. The highest BCUT2D eigenvalue weighted by atomic mass is 16.2. The van der Waals surface area contributed by atoms with Crippen LogP contribution in [-0.4, -0.2) is 16.8 Å². The second-order valence-electron chi connectivity index (χ2n) is 4.35. The molecule has 0 spiro atoms. The van der Waals surface area contributed by atoms with Crippen molar-refractivity contribution in [2.75, 3.05) is 0 Å². The predicted molar refractivity (Wildman–Crippen MR) is 74.8 cm³/mol. The summed E-state index contributed by atoms with van der Waals surface area (Å²) in [5, 5.41) is 2.75. The van der Waals surface area contributed by atoms with Gasteiger partial charge in [-0.3, -0.25) is 9.59 Å². The average Bonchev–Trinajstić information content (AvgIpc) is 2.95. The first-order valence-electron chi connectivity index (χ1n) is 6.15. The zero-order valence-corrected chi connectivity index (χ0v) is 10.8. The maximum atomic E-state index is 11.9. The molecule has 1 aromatic heterocycles. The van der Waals surface area contributed by atoms with Crippen LogP contribution in [0.5, 0.6) is 0 Å². The maximum absolute atomic E-state index is 11.9. The molecule has 20 heavy (non-hydrogen) atoms. The summed E-state index contributed by atoms with van der Waals surface area (Å²) in [4.78, 5) is 25.5. The molecule has 2 rings (SSSR count). The number of aromatic nitrogens is 1. The van der Waals surface area contributed by atoms with Gasteiger partial charge in [-0.2, -0.15) is 0 Å². The van der Waals surface area contributed by atoms with Gasteiger partial charge in [0.25, 0.3) is 11.8 Å². The molecular formula is C14H16N4O2. The lowest BCUT2D eigenvalue weighted by atomic mass is 10.1. The van der Waals surface area contributed by atoms with Crippen molar-refractivity contribution < 1.29 is 9.59 Å². The van der Waals surface area contributed by atoms with Crippen LogP contribution in [0.3, 0.4) is 0 Å². The lowest BCUT2D eigenvalue weighted by Crippen LogP contribution is -2.23. The lowest BCUT2D eigenvalue weighted by molar-refractivity contribution is 0.0946. The third kappa shape index (κ3) is 3.24. The van der Waals surface area contributed by atoms with Crippen molar-refractivity contribution in [1.82, 2.24) is 10.3 Å². The number of carbonyl (C=O) groups excluding carboxylic acids is 2. The second kappa shape index (κ2) is 6.03. The number of primary amides is 1. The third-order valence-electron chi connectivity index (χ3n) is 2.91. The van der Waals surface area contributed by atoms with E-state index in [0.29, 0.717) is 18.8 Å². The van der Waals surface area contributed by atoms with Crippen molar-refractivity contribution >= 4 is 11.8 Å². The molecule has 6 heteroatoms. The van der Waals surface area contributed by atoms with Crippen LogP contribution in [0.2, 0.25) is 0 Å². The Morgan fingerprint density at radius 1 is 1.00 bits per heavy atom. The molecule has 0 fully saturated rings. The molecule has 0 saturated carbocycles. The van der Waals surface area contributed by atoms with Gasteiger partial charge in [-0.25, -0.2) is 0 Å². The minimum Gasteiger partial charge on any atom is -0.364 e. The average molecular weight is 272 g/mol. The minimum atomic E-state index is -0.596. The van der Waals surface area contributed by atoms with Crippen LogP contribution < -0.4 is 16.8 Å². The summed E-state index contributed by atoms with van der Waals surface area (Å²) in [5.41, 5.74) is 13.1. The largest absolute Gasteiger partial charge is 0.364 e. The van der Waals surface area contributed by atoms with Crippen LogP contribution in [0, 0.1) is 0 Å². The first-order chi connectivity index (χ1) is 9.60. The van der Waals surface area contributed by atoms with E-state index in [9.17, 15) is 9.59 Å². The van der Waals surface area contributed by atoms with Crippen LogP contribution in [0.1, 0.15) is 32.1 Å². The van der Waals surface area contributed by atoms with Crippen LogP contribution in [0.15, 0.2) is 36.4 Å². The number of hydrogen-bond donors (Lipinski definition) is 4. The Hall–Kier alpha value is -2.60. The van der Waals surface area contributed by atoms with Gasteiger partial charge in [0.1, 0.15) is 11.4 Å². The van der Waals surface area contributed by atoms with E-state index in [1.165, 1.54) is 12.1 Å². The molecule has 2 amide bonds. The first-order valence-corrected chi connectivity index (χ1v) is 6.15. The highest BCUT2D eigenvalue weighted by Crippen LogP contribution is 2.05. The summed E-state index contributed by atoms with van der Waals surface area (Å²) in [6.07, 6.45) is 0. The number of nitrogens with one attached hydrogen (secondary N) is 2. The Morgan fingerprint density at radius 3 is 2.15 bits per heavy atom. The van der Waals surface area contributed by atoms with Gasteiger partial charge >= 0.3 is 0 Å². The van der Waals surface area contributed by atoms with Gasteiger partial charge in [0.2, 0.25) is 0 Å². The first kappa shape index (κ1) is 13.8. The lowest BCUT2D eigenvalue weighted by Gasteiger charge is -2.05. The fourth-order valence-corrected chi connectivity index (χ4v) is 1.74. The van der Waals surface area contributed by atoms with E-state index in [1.54, 1.807) is 0 Å². The Kier molecular flexibility index (Phi) is 4.17. The number of amides is 2. The highest BCUT2D eigenvalue weighted by molar-refractivity contribution is 5.96. The monoisotopic (exact) mass is 272 g/mol. The number of carbonyl (C=O) groups is 2. The number of H-pyrrole nitrogens is 1. The van der Waals surface area contributed by atoms with Crippen LogP contribution in [-0.2, 0) is 13.1 Å². The van der Waals surface area contributed by atoms with E-state index in [2.05, 4.69) is 10.3 Å². The van der Waals surface area contributed by atoms with E-state index in [0.717, 1.165) is 11.1 Å². The fraction of sp³-hybridized carbons (Fsp3) is 0.143. The molecule has 0 saturated heterocycles. The van der Waals surface area contributed by atoms with E-state index in [4.69, 9.17) is 11.5 Å². The molecular weight excluding hydrogens is 256 g/mol. The van der Waals surface area contributed by atoms with Gasteiger partial charge in [0.05, 0.1) is 0 Å². The van der Waals surface area contributed by atoms with Crippen LogP contribution in [0.4, 0.5) is 0 Å². The van der Waals surface area contributed by atoms with Gasteiger partial charge < -0.3 is 21.8 Å². The molecule has 6 N–H and O–H groups in total. The molecule has 0 aliphatic carbocycles. The second-order valence-corrected chi connectivity index (χ2v) is 4.35. The normalized spacial score (nSPS) is 10.2. The minimum absolute atomic E-state index is 0.211. The zero-order valence-electron chi connectivity index (χ0n) is 10.8. The van der Waals surface area contributed by atoms with Crippen molar-refractivity contribution in [1.29, 1.82) is 0 Å². The van der Waals surface area contributed by atoms with Crippen LogP contribution >= 0.6 is 0 Å². The molecule has 0 unspecified atom stereocenters. The van der Waals surface area contributed by atoms with Crippen molar-refractivity contribution in [3.8, 4) is 0 Å². The number of nitrogens with two attached hydrogens (primary N) is 2. The van der Waals surface area contributed by atoms with Crippen molar-refractivity contribution in [2.45, 2.75) is 13.1 Å². The number of hydrogen-bond acceptors (Lipinski definition) is 3. The number of benzene rings is 1. The maximum Gasteiger partial charge on any atom is 0.267 e. The number of aromatic amines is 1. The summed E-state index contributed by atoms with van der Waals surface area (Å²) in [6, 6.07) is 10.7. The highest BCUT2D eigenvalue weighted by Gasteiger charge is 2.10. The summed E-state index contributed by atoms with van der Waals surface area (Å²) in [6.45, 7) is 0.889. The summed E-state index contributed by atoms with van der Waals surface area (Å²) >= 11 is 0. The summed E-state index contributed by atoms with van der Waals surface area (Å²) in [5.74, 6) is -0.887. The quantitative estimate of drug-likeness (QED) is 0.635. The van der Waals surface area contributed by atoms with Gasteiger partial charge in [-0.15, -0.1) is 0 Å². The topological polar surface area (TPSA) is 114 Å². The standard InChI is InChI=1S/C14H16N4O2/c15-7-9-1-3-10(4-2-9)8-17-14(20)12-6-5-11(18-12)13(16)19/h1-6,18H,7-8,15H2,(H2,16,19)(H,17,20). The fourth-order valence-electron chi connectivity index (χ4n) is 1.74. The molecule has 0 aliphatic heterocycles. The van der Waals surface area contributed by atoms with Gasteiger partial charge in [-0.1, -0.05) is 24.3 Å². The van der Waals surface area contributed by atoms with E-state index >= 15 is 0 Å². The molecule has 104 valence electrons. The SMILES string of the molecule is NCc1ccc(CNC(=O)c2ccc(C(N)=O)[nH]2)cc1. The van der Waals surface area contributed by atoms with Gasteiger partial charge in [0, 0.05) is 13.1 Å². The van der Waals surface area contributed by atoms with Crippen LogP contribution in [0.25, 0.3) is 0 Å². The molecule has 1 aromatic carbocycles. The van der Waals surface area contributed by atoms with E-state index in [-0.39, 0.29) is 11.6 Å². The van der Waals surface area contributed by atoms with Crippen molar-refractivity contribution in [3.05, 3.63) is 58.9 Å². The predicted octanol–water partition coefficient (Wildman–Crippen LogP) is 0.502. The van der Waals surface area contributed by atoms with Gasteiger partial charge in [-0.05, 0) is 23.3 Å². The summed E-state index contributed by atoms with van der Waals surface area (Å²) < 4.78 is 0. The Labute approximate surface area is 116 Å². The smallest absolute Gasteiger partial charge is 0.267 e. The molecule has 0 radical (unpaired) electrons. The molecule has 1 heterocycles. The molecule has 0 aliphatic rings. The summed E-state index contributed by atoms with van der Waals surface area (Å²) in [7, 11) is 0. The van der Waals surface area contributed by atoms with E-state index in [1.807, 2.05) is 24.3 Å². The third-order valence-corrected chi connectivity index (χ3v) is 2.91. The molecule has 2 aromatic rings. The molecule has 0 atom stereocenters.